The first-order chi connectivity index (χ1) is 11.4. The molecule has 0 saturated carbocycles. The van der Waals surface area contributed by atoms with E-state index in [2.05, 4.69) is 43.8 Å². The lowest BCUT2D eigenvalue weighted by molar-refractivity contribution is 0.812. The van der Waals surface area contributed by atoms with Crippen molar-refractivity contribution in [1.82, 2.24) is 19.5 Å². The Morgan fingerprint density at radius 1 is 0.826 bits per heavy atom. The van der Waals surface area contributed by atoms with Gasteiger partial charge in [0.05, 0.1) is 12.9 Å². The Labute approximate surface area is 138 Å². The molecule has 4 rings (SSSR count). The van der Waals surface area contributed by atoms with Crippen LogP contribution in [0.15, 0.2) is 83.2 Å². The normalized spacial score (nSPS) is 11.0. The highest BCUT2D eigenvalue weighted by atomic mass is 32.2. The molecule has 0 N–H and O–H groups in total. The minimum Gasteiger partial charge on any atom is -0.311 e. The fourth-order valence-electron chi connectivity index (χ4n) is 2.43. The van der Waals surface area contributed by atoms with Gasteiger partial charge in [-0.25, -0.2) is 15.0 Å². The summed E-state index contributed by atoms with van der Waals surface area (Å²) in [5, 5.41) is 0.882. The van der Waals surface area contributed by atoms with Crippen LogP contribution in [-0.4, -0.2) is 19.5 Å². The molecule has 0 atom stereocenters. The van der Waals surface area contributed by atoms with Crippen LogP contribution in [0, 0.1) is 0 Å². The first-order valence-electron chi connectivity index (χ1n) is 7.33. The van der Waals surface area contributed by atoms with Crippen LogP contribution in [-0.2, 0) is 6.54 Å². The van der Waals surface area contributed by atoms with Gasteiger partial charge in [0.1, 0.15) is 16.9 Å². The quantitative estimate of drug-likeness (QED) is 0.533. The zero-order valence-electron chi connectivity index (χ0n) is 12.3. The minimum atomic E-state index is 0.754. The van der Waals surface area contributed by atoms with Crippen LogP contribution in [0.25, 0.3) is 11.2 Å². The molecule has 0 aliphatic carbocycles. The van der Waals surface area contributed by atoms with Crippen molar-refractivity contribution in [3.05, 3.63) is 78.9 Å². The molecule has 2 aromatic heterocycles. The Morgan fingerprint density at radius 2 is 1.57 bits per heavy atom. The molecular weight excluding hydrogens is 304 g/mol. The van der Waals surface area contributed by atoms with E-state index in [-0.39, 0.29) is 0 Å². The smallest absolute Gasteiger partial charge is 0.164 e. The number of imidazole rings is 1. The molecule has 0 aliphatic rings. The van der Waals surface area contributed by atoms with Gasteiger partial charge in [-0.1, -0.05) is 60.3 Å². The van der Waals surface area contributed by atoms with E-state index >= 15 is 0 Å². The van der Waals surface area contributed by atoms with E-state index < -0.39 is 0 Å². The van der Waals surface area contributed by atoms with Crippen LogP contribution in [0.4, 0.5) is 0 Å². The van der Waals surface area contributed by atoms with Crippen molar-refractivity contribution >= 4 is 22.9 Å². The van der Waals surface area contributed by atoms with Crippen molar-refractivity contribution in [1.29, 1.82) is 0 Å². The first-order valence-corrected chi connectivity index (χ1v) is 8.14. The van der Waals surface area contributed by atoms with Crippen LogP contribution in [0.2, 0.25) is 0 Å². The summed E-state index contributed by atoms with van der Waals surface area (Å²) in [6, 6.07) is 20.5. The van der Waals surface area contributed by atoms with E-state index in [1.807, 2.05) is 42.7 Å². The third-order valence-electron chi connectivity index (χ3n) is 3.52. The summed E-state index contributed by atoms with van der Waals surface area (Å²) < 4.78 is 2.06. The Bertz CT molecular complexity index is 920. The average molecular weight is 318 g/mol. The fraction of sp³-hybridized carbons (Fsp3) is 0.0556. The Balaban J connectivity index is 1.69. The lowest BCUT2D eigenvalue weighted by atomic mass is 10.2. The summed E-state index contributed by atoms with van der Waals surface area (Å²) in [6.07, 6.45) is 3.44. The third kappa shape index (κ3) is 2.96. The molecule has 0 fully saturated rings. The fourth-order valence-corrected chi connectivity index (χ4v) is 3.29. The topological polar surface area (TPSA) is 43.6 Å². The molecule has 0 radical (unpaired) electrons. The highest BCUT2D eigenvalue weighted by Crippen LogP contribution is 2.30. The van der Waals surface area contributed by atoms with Crippen molar-refractivity contribution in [2.45, 2.75) is 16.5 Å². The number of hydrogen-bond donors (Lipinski definition) is 0. The summed E-state index contributed by atoms with van der Waals surface area (Å²) in [4.78, 5) is 14.5. The van der Waals surface area contributed by atoms with Crippen LogP contribution >= 0.6 is 11.8 Å². The molecule has 4 aromatic rings. The van der Waals surface area contributed by atoms with Gasteiger partial charge in [-0.05, 0) is 17.7 Å². The molecule has 23 heavy (non-hydrogen) atoms. The number of fused-ring (bicyclic) bond motifs is 1. The SMILES string of the molecule is c1ccc(Cn2cnc3c(Sc4ccccc4)ncnc32)cc1. The number of benzene rings is 2. The van der Waals surface area contributed by atoms with Gasteiger partial charge in [-0.3, -0.25) is 0 Å². The van der Waals surface area contributed by atoms with E-state index in [0.717, 1.165) is 27.6 Å². The maximum absolute atomic E-state index is 4.53. The number of hydrogen-bond acceptors (Lipinski definition) is 4. The molecule has 5 heteroatoms. The second-order valence-corrected chi connectivity index (χ2v) is 6.19. The molecule has 0 spiro atoms. The number of aromatic nitrogens is 4. The Hall–Kier alpha value is -2.66. The summed E-state index contributed by atoms with van der Waals surface area (Å²) in [7, 11) is 0. The van der Waals surface area contributed by atoms with Gasteiger partial charge in [0.2, 0.25) is 0 Å². The summed E-state index contributed by atoms with van der Waals surface area (Å²) in [5.41, 5.74) is 2.93. The van der Waals surface area contributed by atoms with Gasteiger partial charge in [-0.2, -0.15) is 0 Å². The molecule has 2 aromatic carbocycles. The summed E-state index contributed by atoms with van der Waals surface area (Å²) in [5.74, 6) is 0. The van der Waals surface area contributed by atoms with Crippen molar-refractivity contribution in [2.24, 2.45) is 0 Å². The average Bonchev–Trinajstić information content (AvgIpc) is 3.01. The number of rotatable bonds is 4. The summed E-state index contributed by atoms with van der Waals surface area (Å²) >= 11 is 1.61. The van der Waals surface area contributed by atoms with E-state index in [1.165, 1.54) is 5.56 Å². The van der Waals surface area contributed by atoms with E-state index in [4.69, 9.17) is 0 Å². The predicted octanol–water partition coefficient (Wildman–Crippen LogP) is 4.03. The second kappa shape index (κ2) is 6.22. The molecule has 4 nitrogen and oxygen atoms in total. The Morgan fingerprint density at radius 3 is 2.35 bits per heavy atom. The zero-order chi connectivity index (χ0) is 15.5. The van der Waals surface area contributed by atoms with E-state index in [1.54, 1.807) is 18.1 Å². The lowest BCUT2D eigenvalue weighted by Crippen LogP contribution is -1.99. The van der Waals surface area contributed by atoms with Crippen molar-refractivity contribution in [2.75, 3.05) is 0 Å². The minimum absolute atomic E-state index is 0.754. The Kier molecular flexibility index (Phi) is 3.78. The second-order valence-electron chi connectivity index (χ2n) is 5.12. The summed E-state index contributed by atoms with van der Waals surface area (Å²) in [6.45, 7) is 0.754. The van der Waals surface area contributed by atoms with Gasteiger partial charge in [0.25, 0.3) is 0 Å². The molecule has 112 valence electrons. The largest absolute Gasteiger partial charge is 0.311 e. The first kappa shape index (κ1) is 14.0. The zero-order valence-corrected chi connectivity index (χ0v) is 13.1. The van der Waals surface area contributed by atoms with E-state index in [9.17, 15) is 0 Å². The van der Waals surface area contributed by atoms with Crippen LogP contribution in [0.1, 0.15) is 5.56 Å². The van der Waals surface area contributed by atoms with Gasteiger partial charge >= 0.3 is 0 Å². The maximum Gasteiger partial charge on any atom is 0.164 e. The highest BCUT2D eigenvalue weighted by Gasteiger charge is 2.11. The van der Waals surface area contributed by atoms with Gasteiger partial charge < -0.3 is 4.57 Å². The highest BCUT2D eigenvalue weighted by molar-refractivity contribution is 7.99. The van der Waals surface area contributed by atoms with Crippen molar-refractivity contribution < 1.29 is 0 Å². The molecule has 0 bridgehead atoms. The maximum atomic E-state index is 4.53. The lowest BCUT2D eigenvalue weighted by Gasteiger charge is -2.04. The third-order valence-corrected chi connectivity index (χ3v) is 4.52. The van der Waals surface area contributed by atoms with Crippen LogP contribution in [0.5, 0.6) is 0 Å². The molecule has 0 amide bonds. The standard InChI is InChI=1S/C18H14N4S/c1-3-7-14(8-4-1)11-22-13-21-16-17(22)19-12-20-18(16)23-15-9-5-2-6-10-15/h1-10,12-13H,11H2. The molecular formula is C18H14N4S. The molecule has 2 heterocycles. The molecule has 0 unspecified atom stereocenters. The monoisotopic (exact) mass is 318 g/mol. The van der Waals surface area contributed by atoms with E-state index in [0.29, 0.717) is 0 Å². The molecule has 0 aliphatic heterocycles. The van der Waals surface area contributed by atoms with Gasteiger partial charge in [0.15, 0.2) is 5.65 Å². The van der Waals surface area contributed by atoms with Crippen molar-refractivity contribution in [3.63, 3.8) is 0 Å². The number of nitrogens with zero attached hydrogens (tertiary/aromatic N) is 4. The van der Waals surface area contributed by atoms with Crippen molar-refractivity contribution in [3.8, 4) is 0 Å². The predicted molar refractivity (Wildman–Crippen MR) is 91.4 cm³/mol. The van der Waals surface area contributed by atoms with Gasteiger partial charge in [0, 0.05) is 4.90 Å². The van der Waals surface area contributed by atoms with Gasteiger partial charge in [-0.15, -0.1) is 0 Å². The van der Waals surface area contributed by atoms with Crippen LogP contribution < -0.4 is 0 Å². The molecule has 0 saturated heterocycles. The van der Waals surface area contributed by atoms with Crippen LogP contribution in [0.3, 0.4) is 0 Å².